The number of H-pyrrole nitrogens is 1. The minimum Gasteiger partial charge on any atom is -0.493 e. The summed E-state index contributed by atoms with van der Waals surface area (Å²) in [5.74, 6) is 1.33. The molecule has 168 valence electrons. The fourth-order valence-electron chi connectivity index (χ4n) is 3.34. The average molecular weight is 481 g/mol. The maximum atomic E-state index is 12.6. The molecule has 1 aromatic heterocycles. The Balaban J connectivity index is 1.48. The summed E-state index contributed by atoms with van der Waals surface area (Å²) in [6, 6.07) is 16.2. The molecule has 0 unspecified atom stereocenters. The van der Waals surface area contributed by atoms with E-state index >= 15 is 0 Å². The van der Waals surface area contributed by atoms with Gasteiger partial charge in [0, 0.05) is 21.8 Å². The van der Waals surface area contributed by atoms with E-state index in [0.29, 0.717) is 33.6 Å². The number of aromatic amines is 1. The van der Waals surface area contributed by atoms with Gasteiger partial charge in [0.25, 0.3) is 5.91 Å². The molecule has 1 heterocycles. The number of imidazole rings is 1. The van der Waals surface area contributed by atoms with Gasteiger partial charge in [-0.05, 0) is 67.2 Å². The number of halogens is 1. The number of fused-ring (bicyclic) bond motifs is 1. The second-order valence-corrected chi connectivity index (χ2v) is 8.08. The number of rotatable bonds is 5. The molecule has 0 aliphatic heterocycles. The lowest BCUT2D eigenvalue weighted by atomic mass is 10.2. The molecule has 0 spiro atoms. The maximum absolute atomic E-state index is 12.6. The number of methoxy groups -OCH3 is 2. The third-order valence-electron chi connectivity index (χ3n) is 5.03. The van der Waals surface area contributed by atoms with Gasteiger partial charge in [-0.25, -0.2) is 4.98 Å². The average Bonchev–Trinajstić information content (AvgIpc) is 3.21. The summed E-state index contributed by atoms with van der Waals surface area (Å²) in [6.45, 7) is 1.95. The zero-order valence-electron chi connectivity index (χ0n) is 18.2. The first-order valence-electron chi connectivity index (χ1n) is 9.98. The Kier molecular flexibility index (Phi) is 6.48. The maximum Gasteiger partial charge on any atom is 0.257 e. The van der Waals surface area contributed by atoms with Crippen LogP contribution in [-0.4, -0.2) is 35.2 Å². The molecule has 7 nitrogen and oxygen atoms in total. The SMILES string of the molecule is COc1ccc(C(=O)NC(=S)Nc2cccc(-c3nc4cc(Cl)c(C)cc4[nH]3)c2)cc1OC. The van der Waals surface area contributed by atoms with Crippen LogP contribution in [0.3, 0.4) is 0 Å². The van der Waals surface area contributed by atoms with Gasteiger partial charge in [-0.3, -0.25) is 10.1 Å². The van der Waals surface area contributed by atoms with Crippen LogP contribution in [0.25, 0.3) is 22.4 Å². The van der Waals surface area contributed by atoms with Crippen LogP contribution in [-0.2, 0) is 0 Å². The molecule has 0 saturated heterocycles. The van der Waals surface area contributed by atoms with Crippen molar-refractivity contribution in [3.8, 4) is 22.9 Å². The number of ether oxygens (including phenoxy) is 2. The van der Waals surface area contributed by atoms with E-state index < -0.39 is 0 Å². The van der Waals surface area contributed by atoms with Crippen LogP contribution in [0, 0.1) is 6.92 Å². The van der Waals surface area contributed by atoms with Crippen LogP contribution in [0.15, 0.2) is 54.6 Å². The molecule has 4 rings (SSSR count). The first-order valence-corrected chi connectivity index (χ1v) is 10.8. The van der Waals surface area contributed by atoms with Crippen molar-refractivity contribution in [2.24, 2.45) is 0 Å². The van der Waals surface area contributed by atoms with Crippen molar-refractivity contribution in [1.82, 2.24) is 15.3 Å². The molecule has 1 amide bonds. The lowest BCUT2D eigenvalue weighted by molar-refractivity contribution is 0.0977. The summed E-state index contributed by atoms with van der Waals surface area (Å²) in [4.78, 5) is 20.5. The standard InChI is InChI=1S/C24H21ClN4O3S/c1-13-9-18-19(12-17(13)25)28-22(27-18)14-5-4-6-16(10-14)26-24(33)29-23(30)15-7-8-20(31-2)21(11-15)32-3/h4-12H,1-3H3,(H,27,28)(H2,26,29,30,33). The highest BCUT2D eigenvalue weighted by Gasteiger charge is 2.13. The number of benzene rings is 3. The zero-order chi connectivity index (χ0) is 23.5. The van der Waals surface area contributed by atoms with Gasteiger partial charge >= 0.3 is 0 Å². The van der Waals surface area contributed by atoms with Gasteiger partial charge in [0.1, 0.15) is 5.82 Å². The monoisotopic (exact) mass is 480 g/mol. The largest absolute Gasteiger partial charge is 0.493 e. The Morgan fingerprint density at radius 1 is 1.06 bits per heavy atom. The van der Waals surface area contributed by atoms with Crippen LogP contribution in [0.5, 0.6) is 11.5 Å². The molecule has 0 saturated carbocycles. The third kappa shape index (κ3) is 4.92. The van der Waals surface area contributed by atoms with Crippen LogP contribution in [0.2, 0.25) is 5.02 Å². The Morgan fingerprint density at radius 2 is 1.85 bits per heavy atom. The van der Waals surface area contributed by atoms with Crippen LogP contribution >= 0.6 is 23.8 Å². The molecule has 0 atom stereocenters. The second-order valence-electron chi connectivity index (χ2n) is 7.26. The number of aromatic nitrogens is 2. The van der Waals surface area contributed by atoms with E-state index in [-0.39, 0.29) is 11.0 Å². The summed E-state index contributed by atoms with van der Waals surface area (Å²) >= 11 is 11.5. The molecule has 0 bridgehead atoms. The van der Waals surface area contributed by atoms with E-state index in [9.17, 15) is 4.79 Å². The van der Waals surface area contributed by atoms with Crippen LogP contribution < -0.4 is 20.1 Å². The molecule has 33 heavy (non-hydrogen) atoms. The van der Waals surface area contributed by atoms with Crippen molar-refractivity contribution >= 4 is 51.6 Å². The molecule has 0 fully saturated rings. The Labute approximate surface area is 201 Å². The number of hydrogen-bond donors (Lipinski definition) is 3. The first kappa shape index (κ1) is 22.6. The third-order valence-corrected chi connectivity index (χ3v) is 5.64. The van der Waals surface area contributed by atoms with Gasteiger partial charge in [0.15, 0.2) is 16.6 Å². The van der Waals surface area contributed by atoms with Crippen molar-refractivity contribution in [2.75, 3.05) is 19.5 Å². The quantitative estimate of drug-likeness (QED) is 0.334. The Morgan fingerprint density at radius 3 is 2.61 bits per heavy atom. The van der Waals surface area contributed by atoms with Crippen molar-refractivity contribution in [3.63, 3.8) is 0 Å². The van der Waals surface area contributed by atoms with Gasteiger partial charge in [-0.15, -0.1) is 0 Å². The summed E-state index contributed by atoms with van der Waals surface area (Å²) in [5, 5.41) is 6.55. The number of aryl methyl sites for hydroxylation is 1. The van der Waals surface area contributed by atoms with E-state index in [4.69, 9.17) is 33.3 Å². The highest BCUT2D eigenvalue weighted by molar-refractivity contribution is 7.80. The number of anilines is 1. The molecular weight excluding hydrogens is 460 g/mol. The normalized spacial score (nSPS) is 10.7. The fourth-order valence-corrected chi connectivity index (χ4v) is 3.70. The van der Waals surface area contributed by atoms with E-state index in [0.717, 1.165) is 22.2 Å². The molecule has 3 N–H and O–H groups in total. The van der Waals surface area contributed by atoms with Crippen molar-refractivity contribution < 1.29 is 14.3 Å². The van der Waals surface area contributed by atoms with Crippen LogP contribution in [0.1, 0.15) is 15.9 Å². The molecule has 9 heteroatoms. The lowest BCUT2D eigenvalue weighted by Gasteiger charge is -2.12. The minimum absolute atomic E-state index is 0.166. The molecule has 0 aliphatic carbocycles. The lowest BCUT2D eigenvalue weighted by Crippen LogP contribution is -2.34. The smallest absolute Gasteiger partial charge is 0.257 e. The summed E-state index contributed by atoms with van der Waals surface area (Å²) in [7, 11) is 3.04. The molecular formula is C24H21ClN4O3S. The highest BCUT2D eigenvalue weighted by Crippen LogP contribution is 2.28. The second kappa shape index (κ2) is 9.48. The first-order chi connectivity index (χ1) is 15.9. The number of thiocarbonyl (C=S) groups is 1. The van der Waals surface area contributed by atoms with E-state index in [1.807, 2.05) is 43.3 Å². The summed E-state index contributed by atoms with van der Waals surface area (Å²) < 4.78 is 10.4. The number of hydrogen-bond acceptors (Lipinski definition) is 5. The van der Waals surface area contributed by atoms with Gasteiger partial charge in [-0.2, -0.15) is 0 Å². The van der Waals surface area contributed by atoms with E-state index in [2.05, 4.69) is 20.6 Å². The van der Waals surface area contributed by atoms with E-state index in [1.165, 1.54) is 14.2 Å². The van der Waals surface area contributed by atoms with Crippen molar-refractivity contribution in [2.45, 2.75) is 6.92 Å². The number of carbonyl (C=O) groups is 1. The van der Waals surface area contributed by atoms with Gasteiger partial charge in [0.2, 0.25) is 0 Å². The van der Waals surface area contributed by atoms with Gasteiger partial charge in [-0.1, -0.05) is 23.7 Å². The topological polar surface area (TPSA) is 88.3 Å². The predicted octanol–water partition coefficient (Wildman–Crippen LogP) is 5.34. The number of nitrogens with zero attached hydrogens (tertiary/aromatic N) is 1. The van der Waals surface area contributed by atoms with Crippen LogP contribution in [0.4, 0.5) is 5.69 Å². The zero-order valence-corrected chi connectivity index (χ0v) is 19.7. The number of carbonyl (C=O) groups excluding carboxylic acids is 1. The molecule has 0 aliphatic rings. The van der Waals surface area contributed by atoms with Gasteiger partial charge in [0.05, 0.1) is 25.3 Å². The minimum atomic E-state index is -0.367. The predicted molar refractivity (Wildman–Crippen MR) is 135 cm³/mol. The molecule has 0 radical (unpaired) electrons. The van der Waals surface area contributed by atoms with Crippen molar-refractivity contribution in [1.29, 1.82) is 0 Å². The Hall–Kier alpha value is -3.62. The summed E-state index contributed by atoms with van der Waals surface area (Å²) in [5.41, 5.74) is 4.63. The Bertz CT molecular complexity index is 1330. The van der Waals surface area contributed by atoms with Crippen molar-refractivity contribution in [3.05, 3.63) is 70.7 Å². The molecule has 4 aromatic rings. The highest BCUT2D eigenvalue weighted by atomic mass is 35.5. The van der Waals surface area contributed by atoms with Gasteiger partial charge < -0.3 is 19.8 Å². The summed E-state index contributed by atoms with van der Waals surface area (Å²) in [6.07, 6.45) is 0. The van der Waals surface area contributed by atoms with E-state index in [1.54, 1.807) is 18.2 Å². The fraction of sp³-hybridized carbons (Fsp3) is 0.125. The number of amides is 1. The number of nitrogens with one attached hydrogen (secondary N) is 3. The molecule has 3 aromatic carbocycles.